The molecule has 0 spiro atoms. The van der Waals surface area contributed by atoms with Crippen LogP contribution >= 0.6 is 0 Å². The van der Waals surface area contributed by atoms with Crippen molar-refractivity contribution in [2.24, 2.45) is 0 Å². The molecule has 1 nitrogen and oxygen atoms in total. The first-order chi connectivity index (χ1) is 9.38. The molecule has 1 unspecified atom stereocenters. The third-order valence-electron chi connectivity index (χ3n) is 3.85. The second-order valence-corrected chi connectivity index (χ2v) is 5.14. The molecule has 0 saturated carbocycles. The van der Waals surface area contributed by atoms with E-state index in [-0.39, 0.29) is 0 Å². The summed E-state index contributed by atoms with van der Waals surface area (Å²) >= 11 is 0. The van der Waals surface area contributed by atoms with E-state index in [4.69, 9.17) is 0 Å². The Balaban J connectivity index is 2.00. The molecule has 0 saturated heterocycles. The Morgan fingerprint density at radius 1 is 1.05 bits per heavy atom. The molecule has 1 heterocycles. The van der Waals surface area contributed by atoms with E-state index in [0.29, 0.717) is 5.92 Å². The van der Waals surface area contributed by atoms with Crippen LogP contribution in [0.4, 0.5) is 0 Å². The summed E-state index contributed by atoms with van der Waals surface area (Å²) in [6, 6.07) is 19.6. The van der Waals surface area contributed by atoms with Crippen molar-refractivity contribution < 1.29 is 0 Å². The van der Waals surface area contributed by atoms with Gasteiger partial charge in [-0.1, -0.05) is 60.7 Å². The first kappa shape index (κ1) is 12.2. The molecule has 3 rings (SSSR count). The number of hydrogen-bond acceptors (Lipinski definition) is 1. The van der Waals surface area contributed by atoms with E-state index >= 15 is 0 Å². The van der Waals surface area contributed by atoms with Gasteiger partial charge in [0.05, 0.1) is 0 Å². The largest absolute Gasteiger partial charge is 0.294 e. The van der Waals surface area contributed by atoms with Crippen LogP contribution in [0.5, 0.6) is 0 Å². The zero-order valence-corrected chi connectivity index (χ0v) is 11.1. The van der Waals surface area contributed by atoms with E-state index < -0.39 is 0 Å². The van der Waals surface area contributed by atoms with E-state index in [1.54, 1.807) is 0 Å². The highest BCUT2D eigenvalue weighted by atomic mass is 15.1. The monoisotopic (exact) mass is 249 g/mol. The van der Waals surface area contributed by atoms with Crippen LogP contribution in [0.3, 0.4) is 0 Å². The van der Waals surface area contributed by atoms with E-state index in [1.165, 1.54) is 16.7 Å². The van der Waals surface area contributed by atoms with Crippen molar-refractivity contribution in [3.8, 4) is 0 Å². The fourth-order valence-electron chi connectivity index (χ4n) is 2.97. The molecule has 0 N–H and O–H groups in total. The molecule has 2 aromatic rings. The second kappa shape index (κ2) is 5.41. The molecule has 19 heavy (non-hydrogen) atoms. The van der Waals surface area contributed by atoms with Gasteiger partial charge in [0.2, 0.25) is 0 Å². The van der Waals surface area contributed by atoms with Crippen molar-refractivity contribution in [3.05, 3.63) is 83.9 Å². The Labute approximate surface area is 115 Å². The van der Waals surface area contributed by atoms with Gasteiger partial charge in [-0.05, 0) is 16.7 Å². The molecule has 1 aliphatic rings. The van der Waals surface area contributed by atoms with Crippen LogP contribution in [-0.2, 0) is 6.54 Å². The predicted molar refractivity (Wildman–Crippen MR) is 80.2 cm³/mol. The fraction of sp³-hybridized carbons (Fsp3) is 0.222. The van der Waals surface area contributed by atoms with Gasteiger partial charge in [-0.15, -0.1) is 6.58 Å². The molecule has 0 amide bonds. The molecule has 0 bridgehead atoms. The lowest BCUT2D eigenvalue weighted by atomic mass is 9.85. The topological polar surface area (TPSA) is 3.24 Å². The molecule has 1 atom stereocenters. The summed E-state index contributed by atoms with van der Waals surface area (Å²) in [6.07, 6.45) is 2.00. The summed E-state index contributed by atoms with van der Waals surface area (Å²) in [6.45, 7) is 6.93. The van der Waals surface area contributed by atoms with E-state index in [0.717, 1.165) is 19.6 Å². The van der Waals surface area contributed by atoms with Crippen LogP contribution in [0.15, 0.2) is 67.3 Å². The van der Waals surface area contributed by atoms with Crippen LogP contribution in [0.2, 0.25) is 0 Å². The second-order valence-electron chi connectivity index (χ2n) is 5.14. The minimum Gasteiger partial charge on any atom is -0.294 e. The summed E-state index contributed by atoms with van der Waals surface area (Å²) < 4.78 is 0. The van der Waals surface area contributed by atoms with Crippen molar-refractivity contribution in [2.75, 3.05) is 13.1 Å². The Kier molecular flexibility index (Phi) is 3.47. The summed E-state index contributed by atoms with van der Waals surface area (Å²) in [7, 11) is 0. The lowest BCUT2D eigenvalue weighted by molar-refractivity contribution is 0.266. The molecular formula is C18H19N. The molecule has 96 valence electrons. The third-order valence-corrected chi connectivity index (χ3v) is 3.85. The number of benzene rings is 2. The minimum atomic E-state index is 0.478. The SMILES string of the molecule is C=CCN1Cc2ccccc2C(c2ccccc2)C1. The summed E-state index contributed by atoms with van der Waals surface area (Å²) in [5, 5.41) is 0. The van der Waals surface area contributed by atoms with Gasteiger partial charge in [0.25, 0.3) is 0 Å². The van der Waals surface area contributed by atoms with Gasteiger partial charge >= 0.3 is 0 Å². The minimum absolute atomic E-state index is 0.478. The molecular weight excluding hydrogens is 230 g/mol. The Hall–Kier alpha value is -1.86. The first-order valence-corrected chi connectivity index (χ1v) is 6.84. The predicted octanol–water partition coefficient (Wildman–Crippen LogP) is 3.82. The normalized spacial score (nSPS) is 18.8. The Bertz CT molecular complexity index is 559. The molecule has 1 heteroatoms. The smallest absolute Gasteiger partial charge is 0.0240 e. The van der Waals surface area contributed by atoms with Crippen LogP contribution in [0, 0.1) is 0 Å². The number of nitrogens with zero attached hydrogens (tertiary/aromatic N) is 1. The van der Waals surface area contributed by atoms with Crippen molar-refractivity contribution in [3.63, 3.8) is 0 Å². The van der Waals surface area contributed by atoms with Gasteiger partial charge < -0.3 is 0 Å². The van der Waals surface area contributed by atoms with Crippen LogP contribution < -0.4 is 0 Å². The molecule has 0 aliphatic carbocycles. The number of fused-ring (bicyclic) bond motifs is 1. The summed E-state index contributed by atoms with van der Waals surface area (Å²) in [5.41, 5.74) is 4.34. The maximum atomic E-state index is 3.87. The average molecular weight is 249 g/mol. The van der Waals surface area contributed by atoms with Gasteiger partial charge in [0.15, 0.2) is 0 Å². The molecule has 1 aliphatic heterocycles. The van der Waals surface area contributed by atoms with Gasteiger partial charge in [-0.2, -0.15) is 0 Å². The highest BCUT2D eigenvalue weighted by molar-refractivity contribution is 5.40. The van der Waals surface area contributed by atoms with Gasteiger partial charge in [-0.25, -0.2) is 0 Å². The maximum absolute atomic E-state index is 3.87. The Morgan fingerprint density at radius 2 is 1.79 bits per heavy atom. The zero-order chi connectivity index (χ0) is 13.1. The highest BCUT2D eigenvalue weighted by Gasteiger charge is 2.25. The highest BCUT2D eigenvalue weighted by Crippen LogP contribution is 2.33. The first-order valence-electron chi connectivity index (χ1n) is 6.84. The lowest BCUT2D eigenvalue weighted by Crippen LogP contribution is -2.34. The lowest BCUT2D eigenvalue weighted by Gasteiger charge is -2.34. The fourth-order valence-corrected chi connectivity index (χ4v) is 2.97. The summed E-state index contributed by atoms with van der Waals surface area (Å²) in [5.74, 6) is 0.478. The van der Waals surface area contributed by atoms with Crippen molar-refractivity contribution >= 4 is 0 Å². The van der Waals surface area contributed by atoms with Gasteiger partial charge in [0.1, 0.15) is 0 Å². The number of rotatable bonds is 3. The van der Waals surface area contributed by atoms with Crippen molar-refractivity contribution in [2.45, 2.75) is 12.5 Å². The van der Waals surface area contributed by atoms with Gasteiger partial charge in [0, 0.05) is 25.6 Å². The van der Waals surface area contributed by atoms with Crippen LogP contribution in [0.25, 0.3) is 0 Å². The maximum Gasteiger partial charge on any atom is 0.0240 e. The van der Waals surface area contributed by atoms with E-state index in [2.05, 4.69) is 66.1 Å². The third kappa shape index (κ3) is 2.47. The number of hydrogen-bond donors (Lipinski definition) is 0. The molecule has 2 aromatic carbocycles. The Morgan fingerprint density at radius 3 is 2.58 bits per heavy atom. The van der Waals surface area contributed by atoms with E-state index in [9.17, 15) is 0 Å². The molecule has 0 radical (unpaired) electrons. The average Bonchev–Trinajstić information content (AvgIpc) is 2.48. The van der Waals surface area contributed by atoms with Crippen molar-refractivity contribution in [1.82, 2.24) is 4.90 Å². The quantitative estimate of drug-likeness (QED) is 0.747. The molecule has 0 aromatic heterocycles. The summed E-state index contributed by atoms with van der Waals surface area (Å²) in [4.78, 5) is 2.47. The van der Waals surface area contributed by atoms with Gasteiger partial charge in [-0.3, -0.25) is 4.90 Å². The van der Waals surface area contributed by atoms with Crippen LogP contribution in [-0.4, -0.2) is 18.0 Å². The van der Waals surface area contributed by atoms with Crippen LogP contribution in [0.1, 0.15) is 22.6 Å². The van der Waals surface area contributed by atoms with E-state index in [1.807, 2.05) is 6.08 Å². The van der Waals surface area contributed by atoms with Crippen molar-refractivity contribution in [1.29, 1.82) is 0 Å². The standard InChI is InChI=1S/C18H19N/c1-2-12-19-13-16-10-6-7-11-17(16)18(14-19)15-8-4-3-5-9-15/h2-11,18H,1,12-14H2. The zero-order valence-electron chi connectivity index (χ0n) is 11.1. The molecule has 0 fully saturated rings.